The summed E-state index contributed by atoms with van der Waals surface area (Å²) in [4.78, 5) is 0. The minimum absolute atomic E-state index is 0.0781. The Kier molecular flexibility index (Phi) is 14.3. The number of hydrogen-bond donors (Lipinski definition) is 0. The molecule has 12 saturated carbocycles. The minimum Gasteiger partial charge on any atom is -0.366 e. The van der Waals surface area contributed by atoms with E-state index in [0.29, 0.717) is 5.92 Å². The molecule has 0 saturated heterocycles. The molecule has 6 bridgehead atoms. The van der Waals surface area contributed by atoms with Gasteiger partial charge in [0, 0.05) is 6.42 Å². The van der Waals surface area contributed by atoms with Gasteiger partial charge in [0.2, 0.25) is 11.6 Å². The fourth-order valence-corrected chi connectivity index (χ4v) is 16.5. The van der Waals surface area contributed by atoms with Crippen molar-refractivity contribution in [1.29, 1.82) is 0 Å². The first-order chi connectivity index (χ1) is 31.5. The van der Waals surface area contributed by atoms with Crippen molar-refractivity contribution in [3.63, 3.8) is 0 Å². The molecule has 0 aliphatic heterocycles. The average molecular weight is 891 g/mol. The lowest BCUT2D eigenvalue weighted by Crippen LogP contribution is -2.95. The van der Waals surface area contributed by atoms with Crippen molar-refractivity contribution < 1.29 is 33.2 Å². The summed E-state index contributed by atoms with van der Waals surface area (Å²) < 4.78 is 58.9. The molecular weight excluding hydrogens is 797 g/mol. The van der Waals surface area contributed by atoms with Crippen LogP contribution in [0.1, 0.15) is 276 Å². The minimum atomic E-state index is -1.18. The van der Waals surface area contributed by atoms with Crippen LogP contribution in [-0.2, 0) is 33.2 Å². The molecule has 364 valence electrons. The van der Waals surface area contributed by atoms with Crippen LogP contribution in [0, 0.1) is 11.8 Å². The molecule has 0 aromatic heterocycles. The first-order valence-electron chi connectivity index (χ1n) is 29.2. The second-order valence-electron chi connectivity index (χ2n) is 24.8. The topological polar surface area (TPSA) is 64.6 Å². The predicted molar refractivity (Wildman–Crippen MR) is 252 cm³/mol. The quantitative estimate of drug-likeness (QED) is 0.161. The zero-order valence-corrected chi connectivity index (χ0v) is 40.9. The van der Waals surface area contributed by atoms with Crippen molar-refractivity contribution in [2.24, 2.45) is 11.8 Å². The summed E-state index contributed by atoms with van der Waals surface area (Å²) in [6.07, 6.45) is 52.0. The van der Waals surface area contributed by atoms with Crippen LogP contribution in [0.4, 0.5) is 0 Å². The molecule has 7 nitrogen and oxygen atoms in total. The van der Waals surface area contributed by atoms with Crippen molar-refractivity contribution in [3.05, 3.63) is 0 Å². The third kappa shape index (κ3) is 8.92. The summed E-state index contributed by atoms with van der Waals surface area (Å²) >= 11 is 0. The summed E-state index contributed by atoms with van der Waals surface area (Å²) in [6.45, 7) is 0. The number of hydrogen-bond acceptors (Lipinski definition) is 7. The van der Waals surface area contributed by atoms with Crippen LogP contribution in [-0.4, -0.2) is 70.6 Å². The molecule has 0 N–H and O–H groups in total. The molecule has 0 heterocycles. The Morgan fingerprint density at radius 3 is 1.03 bits per heavy atom. The van der Waals surface area contributed by atoms with E-state index in [1.165, 1.54) is 173 Å². The molecule has 0 spiro atoms. The Hall–Kier alpha value is -0.280. The highest BCUT2D eigenvalue weighted by Gasteiger charge is 2.92. The van der Waals surface area contributed by atoms with E-state index >= 15 is 0 Å². The van der Waals surface area contributed by atoms with E-state index in [4.69, 9.17) is 33.2 Å². The SMILES string of the molecule is C1CCCCCC(OC2(OC3CCCCCCCCC3)C3(OC45CCC(CC4)C5)CC4CC(OC5CC5)(C3)C(OC3CCCC3)(OC3CCC3)C2(OC2CCCCC2)C4)CCCCC1. The molecule has 0 aromatic rings. The molecule has 12 aliphatic rings. The zero-order chi connectivity index (χ0) is 43.0. The van der Waals surface area contributed by atoms with E-state index in [2.05, 4.69) is 0 Å². The highest BCUT2D eigenvalue weighted by molar-refractivity contribution is 5.36. The number of ether oxygens (including phenoxy) is 7. The molecule has 12 fully saturated rings. The van der Waals surface area contributed by atoms with Gasteiger partial charge in [-0.2, -0.15) is 0 Å². The lowest BCUT2D eigenvalue weighted by molar-refractivity contribution is -0.568. The maximum absolute atomic E-state index is 8.68. The summed E-state index contributed by atoms with van der Waals surface area (Å²) in [7, 11) is 0. The van der Waals surface area contributed by atoms with Gasteiger partial charge >= 0.3 is 0 Å². The van der Waals surface area contributed by atoms with Gasteiger partial charge in [-0.1, -0.05) is 135 Å². The molecule has 6 unspecified atom stereocenters. The molecule has 64 heavy (non-hydrogen) atoms. The standard InChI is InChI=1S/C57H94O7/c1-2-5-9-14-25-47(26-15-10-6-3-1)62-57(63-48-27-16-11-7-4-8-12-17-28-48)54(64-52-37-35-44(39-52)36-38-52)41-45-40-53(43-54,58-51-33-34-51)56(61-50-31-22-32-50,60-49-29-20-21-30-49)55(57,42-45)59-46-23-18-13-19-24-46/h44-51H,1-43H2. The summed E-state index contributed by atoms with van der Waals surface area (Å²) in [6, 6.07) is 0. The first kappa shape index (κ1) is 46.1. The average Bonchev–Trinajstić information content (AvgIpc) is 3.58. The van der Waals surface area contributed by atoms with E-state index in [9.17, 15) is 0 Å². The predicted octanol–water partition coefficient (Wildman–Crippen LogP) is 14.8. The fraction of sp³-hybridized carbons (Fsp3) is 1.00. The Labute approximate surface area is 390 Å². The number of fused-ring (bicyclic) bond motifs is 2. The van der Waals surface area contributed by atoms with Gasteiger partial charge < -0.3 is 33.2 Å². The van der Waals surface area contributed by atoms with Gasteiger partial charge in [-0.05, 0) is 147 Å². The highest BCUT2D eigenvalue weighted by Crippen LogP contribution is 2.76. The van der Waals surface area contributed by atoms with Crippen LogP contribution < -0.4 is 0 Å². The zero-order valence-electron chi connectivity index (χ0n) is 40.9. The van der Waals surface area contributed by atoms with Crippen molar-refractivity contribution in [3.8, 4) is 0 Å². The molecular formula is C57H94O7. The van der Waals surface area contributed by atoms with Crippen molar-refractivity contribution in [2.75, 3.05) is 0 Å². The largest absolute Gasteiger partial charge is 0.366 e. The first-order valence-corrected chi connectivity index (χ1v) is 29.2. The molecule has 0 amide bonds. The Balaban J connectivity index is 1.13. The van der Waals surface area contributed by atoms with Crippen LogP contribution in [0.2, 0.25) is 0 Å². The second kappa shape index (κ2) is 19.8. The van der Waals surface area contributed by atoms with Gasteiger partial charge in [-0.3, -0.25) is 0 Å². The van der Waals surface area contributed by atoms with Crippen LogP contribution in [0.5, 0.6) is 0 Å². The van der Waals surface area contributed by atoms with Crippen molar-refractivity contribution in [1.82, 2.24) is 0 Å². The maximum Gasteiger partial charge on any atom is 0.234 e. The van der Waals surface area contributed by atoms with Gasteiger partial charge in [0.1, 0.15) is 11.2 Å². The van der Waals surface area contributed by atoms with Crippen LogP contribution >= 0.6 is 0 Å². The van der Waals surface area contributed by atoms with Crippen LogP contribution in [0.15, 0.2) is 0 Å². The van der Waals surface area contributed by atoms with E-state index in [1.54, 1.807) is 0 Å². The van der Waals surface area contributed by atoms with E-state index in [0.717, 1.165) is 109 Å². The van der Waals surface area contributed by atoms with Crippen molar-refractivity contribution in [2.45, 2.75) is 347 Å². The molecule has 0 radical (unpaired) electrons. The number of rotatable bonds is 14. The fourth-order valence-electron chi connectivity index (χ4n) is 16.5. The summed E-state index contributed by atoms with van der Waals surface area (Å²) in [5.41, 5.74) is -2.57. The van der Waals surface area contributed by atoms with Gasteiger partial charge in [-0.15, -0.1) is 0 Å². The normalized spacial score (nSPS) is 43.9. The van der Waals surface area contributed by atoms with Gasteiger partial charge in [0.15, 0.2) is 5.60 Å². The highest BCUT2D eigenvalue weighted by atomic mass is 16.8. The van der Waals surface area contributed by atoms with Gasteiger partial charge in [0.25, 0.3) is 0 Å². The van der Waals surface area contributed by atoms with Crippen molar-refractivity contribution >= 4 is 0 Å². The third-order valence-electron chi connectivity index (χ3n) is 19.9. The lowest BCUT2D eigenvalue weighted by Gasteiger charge is -2.79. The third-order valence-corrected chi connectivity index (χ3v) is 19.9. The smallest absolute Gasteiger partial charge is 0.234 e. The summed E-state index contributed by atoms with van der Waals surface area (Å²) in [5.74, 6) is -1.17. The molecule has 12 aliphatic carbocycles. The van der Waals surface area contributed by atoms with Crippen LogP contribution in [0.25, 0.3) is 0 Å². The lowest BCUT2D eigenvalue weighted by atomic mass is 9.43. The van der Waals surface area contributed by atoms with E-state index in [-0.39, 0.29) is 42.2 Å². The Morgan fingerprint density at radius 1 is 0.266 bits per heavy atom. The van der Waals surface area contributed by atoms with E-state index < -0.39 is 28.4 Å². The second-order valence-corrected chi connectivity index (χ2v) is 24.8. The maximum atomic E-state index is 8.68. The van der Waals surface area contributed by atoms with Gasteiger partial charge in [-0.25, -0.2) is 0 Å². The molecule has 0 aromatic carbocycles. The molecule has 6 atom stereocenters. The molecule has 7 heteroatoms. The monoisotopic (exact) mass is 891 g/mol. The van der Waals surface area contributed by atoms with Gasteiger partial charge in [0.05, 0.1) is 42.2 Å². The molecule has 12 rings (SSSR count). The van der Waals surface area contributed by atoms with E-state index in [1.807, 2.05) is 0 Å². The van der Waals surface area contributed by atoms with Crippen LogP contribution in [0.3, 0.4) is 0 Å². The summed E-state index contributed by atoms with van der Waals surface area (Å²) in [5, 5.41) is 0. The Bertz CT molecular complexity index is 1470. The Morgan fingerprint density at radius 2 is 0.625 bits per heavy atom.